The average molecular weight is 1610 g/mol. The van der Waals surface area contributed by atoms with Crippen LogP contribution in [0.2, 0.25) is 0 Å². The molecule has 0 N–H and O–H groups in total. The van der Waals surface area contributed by atoms with Gasteiger partial charge in [-0.15, -0.1) is 0 Å². The van der Waals surface area contributed by atoms with Gasteiger partial charge in [0.25, 0.3) is 6.71 Å². The van der Waals surface area contributed by atoms with Crippen molar-refractivity contribution in [2.45, 2.75) is 163 Å². The monoisotopic (exact) mass is 1610 g/mol. The zero-order valence-corrected chi connectivity index (χ0v) is 75.1. The first-order chi connectivity index (χ1) is 61.4. The summed E-state index contributed by atoms with van der Waals surface area (Å²) in [5.74, 6) is 0. The second kappa shape index (κ2) is 30.3. The smallest absolute Gasteiger partial charge is 0.252 e. The minimum atomic E-state index is -0.844. The first kappa shape index (κ1) is 75.0. The van der Waals surface area contributed by atoms with Gasteiger partial charge >= 0.3 is 0 Å². The van der Waals surface area contributed by atoms with Crippen molar-refractivity contribution in [2.75, 3.05) is 9.80 Å². The first-order valence-corrected chi connectivity index (χ1v) is 44.3. The Hall–Kier alpha value is -12.8. The molecule has 1 aliphatic carbocycles. The van der Waals surface area contributed by atoms with Gasteiger partial charge in [-0.05, 0) is 231 Å². The van der Waals surface area contributed by atoms with Crippen molar-refractivity contribution in [3.05, 3.63) is 413 Å². The molecule has 16 aromatic carbocycles. The maximum Gasteiger partial charge on any atom is 0.252 e. The normalized spacial score (nSPS) is 14.9. The Kier molecular flexibility index (Phi) is 18.3. The van der Waals surface area contributed by atoms with Crippen LogP contribution >= 0.6 is 0 Å². The highest BCUT2D eigenvalue weighted by Gasteiger charge is 2.50. The van der Waals surface area contributed by atoms with Crippen molar-refractivity contribution in [3.8, 4) is 100 Å². The number of hydrogen-bond donors (Lipinski definition) is 0. The molecule has 0 saturated carbocycles. The Morgan fingerprint density at radius 3 is 1.04 bits per heavy atom. The van der Waals surface area contributed by atoms with Gasteiger partial charge in [0.05, 0.1) is 23.6 Å². The van der Waals surface area contributed by atoms with E-state index in [1.807, 2.05) is 6.07 Å². The minimum absolute atomic E-state index is 0.0762. The van der Waals surface area contributed by atoms with Crippen LogP contribution in [-0.2, 0) is 37.9 Å². The van der Waals surface area contributed by atoms with E-state index >= 15 is 0 Å². The van der Waals surface area contributed by atoms with Crippen molar-refractivity contribution < 1.29 is 6.85 Å². The van der Waals surface area contributed by atoms with Gasteiger partial charge in [0.2, 0.25) is 0 Å². The molecule has 0 aromatic heterocycles. The summed E-state index contributed by atoms with van der Waals surface area (Å²) in [4.78, 5) is 5.24. The van der Waals surface area contributed by atoms with E-state index in [0.29, 0.717) is 5.56 Å². The summed E-state index contributed by atoms with van der Waals surface area (Å²) in [7, 11) is 0. The van der Waals surface area contributed by atoms with E-state index in [0.717, 1.165) is 134 Å². The zero-order chi connectivity index (χ0) is 90.7. The molecule has 3 heteroatoms. The quantitative estimate of drug-likeness (QED) is 0.113. The molecular weight excluding hydrogens is 1490 g/mol. The number of nitrogens with zero attached hydrogens (tertiary/aromatic N) is 2. The molecule has 1 unspecified atom stereocenters. The standard InChI is InChI=1S/C121H113BN2/c1-115(2,3)91-64-86(65-92(72-91)116(4,5)6)79-56-60-90(61-57-79)121(89-50-35-24-36-51-89)104-55-38-37-52-98(104)99-54-39-53-97(111(99)121)85-58-62-105-108(69-85)124(114-102(82-46-31-22-32-47-82)76-96(120(16,17)18)77-103(114)83-48-33-23-34-49-83)110-71-88(87-66-93(117(7,8)9)73-94(67-87)118(10,11)12)70-109-112(110)122(105)106-68-84(78-40-25-19-26-41-78)59-63-107(106)123(109)113-100(80-42-27-20-28-43-80)74-95(119(13,14)15)75-101(113)81-44-29-21-30-45-81/h19-77H,1-18H3/i19D,25D,26D,40D,41D. The van der Waals surface area contributed by atoms with E-state index < -0.39 is 18.2 Å². The molecule has 19 rings (SSSR count). The first-order valence-electron chi connectivity index (χ1n) is 46.8. The van der Waals surface area contributed by atoms with Crippen LogP contribution in [0.1, 0.15) is 187 Å². The lowest BCUT2D eigenvalue weighted by molar-refractivity contribution is 0.568. The van der Waals surface area contributed by atoms with Crippen LogP contribution in [0, 0.1) is 0 Å². The molecule has 2 heterocycles. The van der Waals surface area contributed by atoms with Crippen molar-refractivity contribution in [2.24, 2.45) is 0 Å². The summed E-state index contributed by atoms with van der Waals surface area (Å²) in [5, 5.41) is 0. The van der Waals surface area contributed by atoms with Crippen LogP contribution < -0.4 is 26.2 Å². The predicted molar refractivity (Wildman–Crippen MR) is 533 cm³/mol. The second-order valence-electron chi connectivity index (χ2n) is 40.9. The molecule has 0 radical (unpaired) electrons. The van der Waals surface area contributed by atoms with E-state index in [4.69, 9.17) is 1.37 Å². The third-order valence-corrected chi connectivity index (χ3v) is 26.5. The third kappa shape index (κ3) is 14.2. The molecular formula is C121H113BN2. The summed E-state index contributed by atoms with van der Waals surface area (Å²) in [6, 6.07) is 122. The van der Waals surface area contributed by atoms with Gasteiger partial charge < -0.3 is 9.80 Å². The molecule has 0 spiro atoms. The summed E-state index contributed by atoms with van der Waals surface area (Å²) >= 11 is 0. The number of fused-ring (bicyclic) bond motifs is 7. The van der Waals surface area contributed by atoms with Crippen molar-refractivity contribution in [1.29, 1.82) is 0 Å². The summed E-state index contributed by atoms with van der Waals surface area (Å²) in [5.41, 5.74) is 36.9. The molecule has 0 amide bonds. The number of rotatable bonds is 12. The molecule has 124 heavy (non-hydrogen) atoms. The number of benzene rings is 16. The maximum absolute atomic E-state index is 9.89. The highest BCUT2D eigenvalue weighted by Crippen LogP contribution is 2.61. The van der Waals surface area contributed by atoms with Gasteiger partial charge in [-0.1, -0.05) is 434 Å². The molecule has 1 atom stereocenters. The van der Waals surface area contributed by atoms with E-state index in [1.165, 1.54) is 61.2 Å². The van der Waals surface area contributed by atoms with Crippen LogP contribution in [0.3, 0.4) is 0 Å². The lowest BCUT2D eigenvalue weighted by Crippen LogP contribution is -2.61. The molecule has 0 bridgehead atoms. The SMILES string of the molecule is [2H]c1c([2H])c([2H])c(-c2ccc3c(c2)B2c4ccc(-c5cccc6c5C(c5ccccc5)(c5ccc(-c7cc(C(C)(C)C)cc(C(C)(C)C)c7)cc5)c5ccccc5-6)cc4N(c4c(-c5ccccc5)cc(C(C)(C)C)cc4-c4ccccc4)c4cc(-c5cc(C(C)(C)C)cc(C(C)(C)C)c5)cc(c42)N3c2c(-c3ccccc3)cc(C(C)(C)C)cc2-c2ccccc2)c([2H])c1[2H]. The van der Waals surface area contributed by atoms with E-state index in [2.05, 4.69) is 456 Å². The van der Waals surface area contributed by atoms with Gasteiger partial charge in [0.1, 0.15) is 0 Å². The molecule has 16 aromatic rings. The third-order valence-electron chi connectivity index (χ3n) is 26.5. The van der Waals surface area contributed by atoms with E-state index in [-0.39, 0.29) is 62.2 Å². The van der Waals surface area contributed by atoms with E-state index in [1.54, 1.807) is 0 Å². The Labute approximate surface area is 745 Å². The molecule has 2 nitrogen and oxygen atoms in total. The van der Waals surface area contributed by atoms with Crippen molar-refractivity contribution >= 4 is 57.2 Å². The van der Waals surface area contributed by atoms with Crippen LogP contribution in [0.25, 0.3) is 100 Å². The maximum atomic E-state index is 9.89. The summed E-state index contributed by atoms with van der Waals surface area (Å²) in [6.45, 7) is 41.2. The summed E-state index contributed by atoms with van der Waals surface area (Å²) in [6.07, 6.45) is 0. The fraction of sp³-hybridized carbons (Fsp3) is 0.207. The Bertz CT molecular complexity index is 6920. The van der Waals surface area contributed by atoms with Crippen LogP contribution in [0.15, 0.2) is 358 Å². The van der Waals surface area contributed by atoms with Gasteiger partial charge in [0, 0.05) is 45.0 Å². The predicted octanol–water partition coefficient (Wildman–Crippen LogP) is 31.3. The average Bonchev–Trinajstić information content (AvgIpc) is 1.32. The Morgan fingerprint density at radius 1 is 0.234 bits per heavy atom. The van der Waals surface area contributed by atoms with Crippen LogP contribution in [-0.4, -0.2) is 6.71 Å². The van der Waals surface area contributed by atoms with Crippen LogP contribution in [0.4, 0.5) is 34.1 Å². The number of hydrogen-bond acceptors (Lipinski definition) is 2. The van der Waals surface area contributed by atoms with Gasteiger partial charge in [-0.3, -0.25) is 0 Å². The minimum Gasteiger partial charge on any atom is -0.310 e. The topological polar surface area (TPSA) is 6.48 Å². The highest BCUT2D eigenvalue weighted by molar-refractivity contribution is 7.00. The van der Waals surface area contributed by atoms with Gasteiger partial charge in [0.15, 0.2) is 0 Å². The lowest BCUT2D eigenvalue weighted by atomic mass is 9.33. The zero-order valence-electron chi connectivity index (χ0n) is 80.1. The van der Waals surface area contributed by atoms with Gasteiger partial charge in [-0.25, -0.2) is 0 Å². The number of anilines is 6. The molecule has 610 valence electrons. The molecule has 3 aliphatic rings. The fourth-order valence-corrected chi connectivity index (χ4v) is 19.6. The molecule has 2 aliphatic heterocycles. The van der Waals surface area contributed by atoms with Crippen molar-refractivity contribution in [1.82, 2.24) is 0 Å². The van der Waals surface area contributed by atoms with Crippen LogP contribution in [0.5, 0.6) is 0 Å². The highest BCUT2D eigenvalue weighted by atomic mass is 15.2. The molecule has 0 saturated heterocycles. The fourth-order valence-electron chi connectivity index (χ4n) is 19.6. The van der Waals surface area contributed by atoms with Gasteiger partial charge in [-0.2, -0.15) is 0 Å². The lowest BCUT2D eigenvalue weighted by Gasteiger charge is -2.46. The second-order valence-corrected chi connectivity index (χ2v) is 40.9. The summed E-state index contributed by atoms with van der Waals surface area (Å²) < 4.78 is 47.5. The Morgan fingerprint density at radius 2 is 0.589 bits per heavy atom. The Balaban J connectivity index is 0.998. The largest absolute Gasteiger partial charge is 0.310 e. The van der Waals surface area contributed by atoms with Crippen molar-refractivity contribution in [3.63, 3.8) is 0 Å². The van der Waals surface area contributed by atoms with E-state index in [9.17, 15) is 5.48 Å². The molecule has 0 fully saturated rings.